The average molecular weight is 534 g/mol. The van der Waals surface area contributed by atoms with Gasteiger partial charge < -0.3 is 9.47 Å². The van der Waals surface area contributed by atoms with Crippen LogP contribution in [0.15, 0.2) is 73.1 Å². The molecule has 3 atom stereocenters. The summed E-state index contributed by atoms with van der Waals surface area (Å²) in [5, 5.41) is 13.0. The molecule has 2 N–H and O–H groups in total. The summed E-state index contributed by atoms with van der Waals surface area (Å²) in [6, 6.07) is 22.5. The third-order valence-corrected chi connectivity index (χ3v) is 10.9. The molecule has 7 heteroatoms. The molecule has 4 aromatic carbocycles. The minimum Gasteiger partial charge on any atom is -0.477 e. The molecule has 3 unspecified atom stereocenters. The number of rotatable bonds is 0. The van der Waals surface area contributed by atoms with Crippen LogP contribution in [0, 0.1) is 0 Å². The van der Waals surface area contributed by atoms with Crippen molar-refractivity contribution in [3.63, 3.8) is 0 Å². The molecule has 0 saturated carbocycles. The maximum Gasteiger partial charge on any atom is 0.459 e. The normalized spacial score (nSPS) is 26.3. The van der Waals surface area contributed by atoms with E-state index in [2.05, 4.69) is 86.7 Å². The predicted octanol–water partition coefficient (Wildman–Crippen LogP) is 2.63. The molecule has 12 rings (SSSR count). The molecule has 41 heavy (non-hydrogen) atoms. The number of nitrogens with zero attached hydrogens (tertiary/aromatic N) is 3. The van der Waals surface area contributed by atoms with Crippen molar-refractivity contribution in [3.05, 3.63) is 135 Å². The molecule has 194 valence electrons. The SMILES string of the molecule is c1cc2c3c(c1)OCNC31c3c(ccc4c3C3c5c-4ccc4c5C5(NCOc6cccc(c65)C4)[n+]4ncc[n+]1c43)C2. The van der Waals surface area contributed by atoms with Gasteiger partial charge in [0.1, 0.15) is 25.0 Å². The Morgan fingerprint density at radius 3 is 1.95 bits per heavy atom. The Balaban J connectivity index is 1.34. The summed E-state index contributed by atoms with van der Waals surface area (Å²) in [6.07, 6.45) is 5.96. The summed E-state index contributed by atoms with van der Waals surface area (Å²) in [7, 11) is 0. The monoisotopic (exact) mass is 533 g/mol. The molecular weight excluding hydrogens is 510 g/mol. The van der Waals surface area contributed by atoms with Crippen LogP contribution in [0.3, 0.4) is 0 Å². The molecule has 0 bridgehead atoms. The lowest BCUT2D eigenvalue weighted by Crippen LogP contribution is -2.82. The zero-order valence-corrected chi connectivity index (χ0v) is 22.0. The van der Waals surface area contributed by atoms with Crippen LogP contribution in [0.4, 0.5) is 0 Å². The van der Waals surface area contributed by atoms with E-state index < -0.39 is 11.3 Å². The third kappa shape index (κ3) is 1.87. The first-order valence-electron chi connectivity index (χ1n) is 14.5. The highest BCUT2D eigenvalue weighted by Crippen LogP contribution is 2.62. The fraction of sp³-hybridized carbons (Fsp3) is 0.206. The lowest BCUT2D eigenvalue weighted by Gasteiger charge is -2.46. The molecule has 5 aromatic rings. The number of benzene rings is 4. The van der Waals surface area contributed by atoms with E-state index in [4.69, 9.17) is 14.6 Å². The van der Waals surface area contributed by atoms with Crippen molar-refractivity contribution in [3.8, 4) is 22.6 Å². The van der Waals surface area contributed by atoms with Gasteiger partial charge in [-0.05, 0) is 69.5 Å². The molecule has 4 aliphatic heterocycles. The van der Waals surface area contributed by atoms with Gasteiger partial charge in [0, 0.05) is 9.78 Å². The number of hydrogen-bond donors (Lipinski definition) is 2. The van der Waals surface area contributed by atoms with Crippen LogP contribution in [0.5, 0.6) is 11.5 Å². The molecule has 3 aliphatic carbocycles. The second-order valence-corrected chi connectivity index (χ2v) is 12.3. The topological polar surface area (TPSA) is 63.2 Å². The van der Waals surface area contributed by atoms with Crippen LogP contribution < -0.4 is 29.4 Å². The van der Waals surface area contributed by atoms with Gasteiger partial charge in [-0.25, -0.2) is 10.6 Å². The van der Waals surface area contributed by atoms with E-state index in [0.717, 1.165) is 24.3 Å². The van der Waals surface area contributed by atoms with Crippen LogP contribution in [0.2, 0.25) is 0 Å². The van der Waals surface area contributed by atoms with Crippen molar-refractivity contribution >= 4 is 0 Å². The first-order valence-corrected chi connectivity index (χ1v) is 14.5. The fourth-order valence-corrected chi connectivity index (χ4v) is 9.73. The van der Waals surface area contributed by atoms with Gasteiger partial charge in [-0.3, -0.25) is 0 Å². The smallest absolute Gasteiger partial charge is 0.459 e. The molecule has 2 spiro atoms. The number of fused-ring (bicyclic) bond motifs is 1. The van der Waals surface area contributed by atoms with Gasteiger partial charge >= 0.3 is 11.5 Å². The Kier molecular flexibility index (Phi) is 3.06. The Morgan fingerprint density at radius 1 is 0.683 bits per heavy atom. The predicted molar refractivity (Wildman–Crippen MR) is 146 cm³/mol. The minimum absolute atomic E-state index is 0.103. The van der Waals surface area contributed by atoms with Gasteiger partial charge in [0.25, 0.3) is 5.66 Å². The molecule has 7 nitrogen and oxygen atoms in total. The van der Waals surface area contributed by atoms with Crippen molar-refractivity contribution < 1.29 is 18.7 Å². The summed E-state index contributed by atoms with van der Waals surface area (Å²) in [5.41, 5.74) is 14.9. The van der Waals surface area contributed by atoms with Crippen LogP contribution in [0.1, 0.15) is 67.4 Å². The van der Waals surface area contributed by atoms with Crippen molar-refractivity contribution in [2.45, 2.75) is 30.1 Å². The molecular formula is C34H23N5O2+2. The largest absolute Gasteiger partial charge is 0.477 e. The second kappa shape index (κ2) is 6.17. The number of nitrogens with one attached hydrogen (secondary N) is 2. The number of hydrogen-bond acceptors (Lipinski definition) is 5. The van der Waals surface area contributed by atoms with Gasteiger partial charge in [-0.15, -0.1) is 4.57 Å². The molecule has 5 heterocycles. The van der Waals surface area contributed by atoms with E-state index in [1.807, 2.05) is 6.20 Å². The minimum atomic E-state index is -0.654. The van der Waals surface area contributed by atoms with Crippen molar-refractivity contribution in [1.29, 1.82) is 0 Å². The standard InChI is InChI=1S/C34H23N5O2/c1-3-17-13-19-7-9-21-22-10-8-20-14-18-4-2-6-24-29(18)34(36-16-41-24)31(20)26(22)27-25(21)30(19)33(28(17)23(5-1)40-15-35-33)38-12-11-37-39(34)32(27)38/h1-12,27,35-36H,13-16H2/q+2. The summed E-state index contributed by atoms with van der Waals surface area (Å²) in [4.78, 5) is 0. The van der Waals surface area contributed by atoms with E-state index in [9.17, 15) is 0 Å². The van der Waals surface area contributed by atoms with Gasteiger partial charge in [-0.1, -0.05) is 48.5 Å². The van der Waals surface area contributed by atoms with E-state index >= 15 is 0 Å². The number of ether oxygens (including phenoxy) is 2. The Bertz CT molecular complexity index is 2010. The zero-order valence-electron chi connectivity index (χ0n) is 22.0. The van der Waals surface area contributed by atoms with Gasteiger partial charge in [-0.2, -0.15) is 0 Å². The van der Waals surface area contributed by atoms with E-state index in [-0.39, 0.29) is 5.92 Å². The van der Waals surface area contributed by atoms with Crippen LogP contribution in [-0.2, 0) is 24.2 Å². The van der Waals surface area contributed by atoms with Crippen molar-refractivity contribution in [2.75, 3.05) is 13.5 Å². The highest BCUT2D eigenvalue weighted by Gasteiger charge is 2.72. The van der Waals surface area contributed by atoms with Gasteiger partial charge in [0.2, 0.25) is 6.20 Å². The quantitative estimate of drug-likeness (QED) is 0.294. The summed E-state index contributed by atoms with van der Waals surface area (Å²) in [6.45, 7) is 0.853. The summed E-state index contributed by atoms with van der Waals surface area (Å²) < 4.78 is 17.3. The maximum absolute atomic E-state index is 6.27. The fourth-order valence-electron chi connectivity index (χ4n) is 9.73. The first kappa shape index (κ1) is 20.3. The lowest BCUT2D eigenvalue weighted by molar-refractivity contribution is -0.914. The van der Waals surface area contributed by atoms with Crippen LogP contribution in [-0.4, -0.2) is 18.6 Å². The highest BCUT2D eigenvalue weighted by molar-refractivity contribution is 5.87. The number of aromatic nitrogens is 3. The van der Waals surface area contributed by atoms with E-state index in [1.165, 1.54) is 72.6 Å². The third-order valence-electron chi connectivity index (χ3n) is 10.9. The van der Waals surface area contributed by atoms with E-state index in [0.29, 0.717) is 13.5 Å². The Morgan fingerprint density at radius 2 is 1.27 bits per heavy atom. The average Bonchev–Trinajstić information content (AvgIpc) is 3.35. The molecule has 0 radical (unpaired) electrons. The van der Waals surface area contributed by atoms with Crippen LogP contribution in [0.25, 0.3) is 11.1 Å². The van der Waals surface area contributed by atoms with Gasteiger partial charge in [0.15, 0.2) is 12.1 Å². The molecule has 0 amide bonds. The highest BCUT2D eigenvalue weighted by atomic mass is 16.5. The van der Waals surface area contributed by atoms with Crippen molar-refractivity contribution in [2.24, 2.45) is 0 Å². The summed E-state index contributed by atoms with van der Waals surface area (Å²) in [5.74, 6) is 3.21. The van der Waals surface area contributed by atoms with Gasteiger partial charge in [0.05, 0.1) is 22.3 Å². The first-order chi connectivity index (χ1) is 20.3. The molecule has 0 fully saturated rings. The van der Waals surface area contributed by atoms with Crippen LogP contribution >= 0.6 is 0 Å². The second-order valence-electron chi connectivity index (χ2n) is 12.3. The maximum atomic E-state index is 6.27. The molecule has 7 aliphatic rings. The zero-order chi connectivity index (χ0) is 26.2. The Labute approximate surface area is 235 Å². The lowest BCUT2D eigenvalue weighted by atomic mass is 9.66. The van der Waals surface area contributed by atoms with Crippen molar-refractivity contribution in [1.82, 2.24) is 15.7 Å². The molecule has 0 saturated heterocycles. The Hall–Kier alpha value is -4.59. The summed E-state index contributed by atoms with van der Waals surface area (Å²) >= 11 is 0. The molecule has 1 aromatic heterocycles. The van der Waals surface area contributed by atoms with E-state index in [1.54, 1.807) is 0 Å².